The Kier molecular flexibility index (Phi) is 7.00. The second-order valence-corrected chi connectivity index (χ2v) is 9.21. The van der Waals surface area contributed by atoms with E-state index in [0.29, 0.717) is 41.4 Å². The van der Waals surface area contributed by atoms with E-state index in [-0.39, 0.29) is 24.0 Å². The Hall–Kier alpha value is -2.19. The average Bonchev–Trinajstić information content (AvgIpc) is 3.08. The molecule has 0 saturated heterocycles. The predicted molar refractivity (Wildman–Crippen MR) is 130 cm³/mol. The molecule has 0 spiro atoms. The SMILES string of the molecule is O=C1OC(c2ccc(Cl)cc2Cl)=N/C1=C\c1cc(Br)c(OCc2ccccc2F)c(Br)c1. The molecule has 4 nitrogen and oxygen atoms in total. The van der Waals surface area contributed by atoms with E-state index in [2.05, 4.69) is 36.9 Å². The zero-order valence-corrected chi connectivity index (χ0v) is 20.7. The van der Waals surface area contributed by atoms with Crippen LogP contribution in [0, 0.1) is 5.82 Å². The van der Waals surface area contributed by atoms with Gasteiger partial charge in [-0.15, -0.1) is 0 Å². The van der Waals surface area contributed by atoms with E-state index in [1.165, 1.54) is 6.07 Å². The molecular weight excluding hydrogens is 588 g/mol. The Morgan fingerprint density at radius 3 is 2.47 bits per heavy atom. The van der Waals surface area contributed by atoms with Gasteiger partial charge in [0.15, 0.2) is 5.70 Å². The van der Waals surface area contributed by atoms with E-state index in [1.807, 2.05) is 0 Å². The molecule has 0 saturated carbocycles. The third-order valence-electron chi connectivity index (χ3n) is 4.44. The molecule has 0 aromatic heterocycles. The zero-order valence-electron chi connectivity index (χ0n) is 16.0. The molecule has 1 aliphatic rings. The Balaban J connectivity index is 1.58. The van der Waals surface area contributed by atoms with Crippen molar-refractivity contribution in [3.8, 4) is 5.75 Å². The van der Waals surface area contributed by atoms with Gasteiger partial charge in [-0.25, -0.2) is 14.2 Å². The maximum atomic E-state index is 13.8. The van der Waals surface area contributed by atoms with Crippen molar-refractivity contribution in [2.45, 2.75) is 6.61 Å². The largest absolute Gasteiger partial charge is 0.486 e. The van der Waals surface area contributed by atoms with Crippen LogP contribution < -0.4 is 4.74 Å². The zero-order chi connectivity index (χ0) is 22.8. The third-order valence-corrected chi connectivity index (χ3v) is 6.16. The number of nitrogens with zero attached hydrogens (tertiary/aromatic N) is 1. The molecule has 0 amide bonds. The Bertz CT molecular complexity index is 1270. The van der Waals surface area contributed by atoms with Crippen LogP contribution in [0.2, 0.25) is 10.0 Å². The number of aliphatic imine (C=N–C) groups is 1. The summed E-state index contributed by atoms with van der Waals surface area (Å²) in [5, 5.41) is 0.790. The summed E-state index contributed by atoms with van der Waals surface area (Å²) < 4.78 is 26.1. The fourth-order valence-corrected chi connectivity index (χ4v) is 4.85. The van der Waals surface area contributed by atoms with Crippen molar-refractivity contribution in [1.29, 1.82) is 0 Å². The van der Waals surface area contributed by atoms with Gasteiger partial charge in [0.1, 0.15) is 18.2 Å². The molecular formula is C23H12Br2Cl2FNO3. The number of hydrogen-bond acceptors (Lipinski definition) is 4. The number of carbonyl (C=O) groups is 1. The van der Waals surface area contributed by atoms with Crippen LogP contribution in [0.15, 0.2) is 74.2 Å². The van der Waals surface area contributed by atoms with Crippen molar-refractivity contribution in [1.82, 2.24) is 0 Å². The lowest BCUT2D eigenvalue weighted by molar-refractivity contribution is -0.129. The number of halogens is 5. The molecule has 32 heavy (non-hydrogen) atoms. The first kappa shape index (κ1) is 23.0. The van der Waals surface area contributed by atoms with Gasteiger partial charge >= 0.3 is 5.97 Å². The van der Waals surface area contributed by atoms with Crippen LogP contribution in [0.5, 0.6) is 5.75 Å². The van der Waals surface area contributed by atoms with Crippen LogP contribution in [0.1, 0.15) is 16.7 Å². The minimum absolute atomic E-state index is 0.0616. The summed E-state index contributed by atoms with van der Waals surface area (Å²) in [4.78, 5) is 16.6. The fraction of sp³-hybridized carbons (Fsp3) is 0.0435. The van der Waals surface area contributed by atoms with Gasteiger partial charge in [-0.3, -0.25) is 0 Å². The monoisotopic (exact) mass is 597 g/mol. The molecule has 162 valence electrons. The van der Waals surface area contributed by atoms with Crippen LogP contribution in [0.4, 0.5) is 4.39 Å². The van der Waals surface area contributed by atoms with E-state index in [0.717, 1.165) is 0 Å². The highest BCUT2D eigenvalue weighted by molar-refractivity contribution is 9.11. The van der Waals surface area contributed by atoms with Gasteiger partial charge in [-0.1, -0.05) is 41.4 Å². The van der Waals surface area contributed by atoms with Crippen molar-refractivity contribution in [3.63, 3.8) is 0 Å². The number of carbonyl (C=O) groups excluding carboxylic acids is 1. The summed E-state index contributed by atoms with van der Waals surface area (Å²) in [6, 6.07) is 14.7. The van der Waals surface area contributed by atoms with Gasteiger partial charge in [-0.2, -0.15) is 0 Å². The molecule has 0 N–H and O–H groups in total. The molecule has 3 aromatic rings. The van der Waals surface area contributed by atoms with Crippen LogP contribution in [-0.2, 0) is 16.1 Å². The van der Waals surface area contributed by atoms with E-state index in [9.17, 15) is 9.18 Å². The summed E-state index contributed by atoms with van der Waals surface area (Å²) in [6.45, 7) is 0.0616. The Morgan fingerprint density at radius 1 is 1.06 bits per heavy atom. The maximum Gasteiger partial charge on any atom is 0.363 e. The molecule has 0 radical (unpaired) electrons. The van der Waals surface area contributed by atoms with E-state index < -0.39 is 5.97 Å². The van der Waals surface area contributed by atoms with Gasteiger partial charge in [0, 0.05) is 10.6 Å². The number of rotatable bonds is 5. The van der Waals surface area contributed by atoms with Gasteiger partial charge < -0.3 is 9.47 Å². The quantitative estimate of drug-likeness (QED) is 0.224. The molecule has 3 aromatic carbocycles. The van der Waals surface area contributed by atoms with E-state index >= 15 is 0 Å². The lowest BCUT2D eigenvalue weighted by Crippen LogP contribution is -2.05. The van der Waals surface area contributed by atoms with Crippen LogP contribution in [-0.4, -0.2) is 11.9 Å². The summed E-state index contributed by atoms with van der Waals surface area (Å²) in [6.07, 6.45) is 1.58. The summed E-state index contributed by atoms with van der Waals surface area (Å²) >= 11 is 19.0. The molecule has 1 aliphatic heterocycles. The Labute approximate surface area is 209 Å². The molecule has 0 atom stereocenters. The minimum Gasteiger partial charge on any atom is -0.486 e. The van der Waals surface area contributed by atoms with Crippen LogP contribution in [0.3, 0.4) is 0 Å². The molecule has 4 rings (SSSR count). The van der Waals surface area contributed by atoms with Crippen molar-refractivity contribution in [2.75, 3.05) is 0 Å². The first-order chi connectivity index (χ1) is 15.3. The normalized spacial score (nSPS) is 14.5. The highest BCUT2D eigenvalue weighted by Gasteiger charge is 2.26. The third kappa shape index (κ3) is 5.07. The Morgan fingerprint density at radius 2 is 1.78 bits per heavy atom. The number of cyclic esters (lactones) is 1. The van der Waals surface area contributed by atoms with Gasteiger partial charge in [0.05, 0.1) is 19.5 Å². The van der Waals surface area contributed by atoms with Crippen molar-refractivity contribution in [3.05, 3.63) is 102 Å². The van der Waals surface area contributed by atoms with E-state index in [1.54, 1.807) is 54.6 Å². The highest BCUT2D eigenvalue weighted by Crippen LogP contribution is 2.36. The van der Waals surface area contributed by atoms with Crippen molar-refractivity contribution in [2.24, 2.45) is 4.99 Å². The standard InChI is InChI=1S/C23H12Br2Cl2FNO3/c24-16-7-12(8-17(25)21(16)31-11-13-3-1-2-4-19(13)28)9-20-23(30)32-22(29-20)15-6-5-14(26)10-18(15)27/h1-10H,11H2/b20-9-. The maximum absolute atomic E-state index is 13.8. The molecule has 0 bridgehead atoms. The first-order valence-electron chi connectivity index (χ1n) is 9.15. The number of benzene rings is 3. The molecule has 9 heteroatoms. The summed E-state index contributed by atoms with van der Waals surface area (Å²) in [5.41, 5.74) is 1.69. The summed E-state index contributed by atoms with van der Waals surface area (Å²) in [7, 11) is 0. The van der Waals surface area contributed by atoms with Crippen molar-refractivity contribution >= 4 is 73.0 Å². The molecule has 0 aliphatic carbocycles. The second kappa shape index (κ2) is 9.75. The average molecular weight is 600 g/mol. The topological polar surface area (TPSA) is 47.9 Å². The second-order valence-electron chi connectivity index (χ2n) is 6.65. The fourth-order valence-electron chi connectivity index (χ4n) is 2.91. The smallest absolute Gasteiger partial charge is 0.363 e. The van der Waals surface area contributed by atoms with Gasteiger partial charge in [0.2, 0.25) is 5.90 Å². The lowest BCUT2D eigenvalue weighted by Gasteiger charge is -2.12. The van der Waals surface area contributed by atoms with Crippen molar-refractivity contribution < 1.29 is 18.7 Å². The molecule has 0 fully saturated rings. The lowest BCUT2D eigenvalue weighted by atomic mass is 10.2. The number of ether oxygens (including phenoxy) is 2. The number of hydrogen-bond donors (Lipinski definition) is 0. The van der Waals surface area contributed by atoms with E-state index in [4.69, 9.17) is 32.7 Å². The molecule has 1 heterocycles. The summed E-state index contributed by atoms with van der Waals surface area (Å²) in [5.74, 6) is -0.333. The molecule has 0 unspecified atom stereocenters. The van der Waals surface area contributed by atoms with Crippen LogP contribution >= 0.6 is 55.1 Å². The minimum atomic E-state index is -0.599. The first-order valence-corrected chi connectivity index (χ1v) is 11.5. The van der Waals surface area contributed by atoms with Gasteiger partial charge in [0.25, 0.3) is 0 Å². The predicted octanol–water partition coefficient (Wildman–Crippen LogP) is 7.58. The number of esters is 1. The van der Waals surface area contributed by atoms with Gasteiger partial charge in [-0.05, 0) is 79.9 Å². The van der Waals surface area contributed by atoms with Crippen LogP contribution in [0.25, 0.3) is 6.08 Å². The highest BCUT2D eigenvalue weighted by atomic mass is 79.9.